The van der Waals surface area contributed by atoms with Gasteiger partial charge in [0.2, 0.25) is 0 Å². The lowest BCUT2D eigenvalue weighted by Crippen LogP contribution is -2.41. The lowest BCUT2D eigenvalue weighted by molar-refractivity contribution is 0.299. The molecule has 29 heavy (non-hydrogen) atoms. The summed E-state index contributed by atoms with van der Waals surface area (Å²) in [5, 5.41) is 14.9. The molecule has 0 bridgehead atoms. The fourth-order valence-corrected chi connectivity index (χ4v) is 4.60. The third-order valence-corrected chi connectivity index (χ3v) is 6.23. The van der Waals surface area contributed by atoms with Crippen LogP contribution in [0, 0.1) is 18.3 Å². The van der Waals surface area contributed by atoms with E-state index in [0.717, 1.165) is 60.6 Å². The van der Waals surface area contributed by atoms with Gasteiger partial charge in [0.05, 0.1) is 6.17 Å². The van der Waals surface area contributed by atoms with Crippen LogP contribution in [-0.2, 0) is 0 Å². The predicted molar refractivity (Wildman–Crippen MR) is 114 cm³/mol. The Morgan fingerprint density at radius 3 is 2.55 bits per heavy atom. The number of pyridine rings is 1. The zero-order chi connectivity index (χ0) is 20.1. The van der Waals surface area contributed by atoms with Crippen molar-refractivity contribution in [1.29, 1.82) is 5.26 Å². The van der Waals surface area contributed by atoms with E-state index >= 15 is 0 Å². The van der Waals surface area contributed by atoms with Crippen LogP contribution >= 0.6 is 0 Å². The normalized spacial score (nSPS) is 19.3. The predicted octanol–water partition coefficient (Wildman–Crippen LogP) is 3.94. The van der Waals surface area contributed by atoms with Crippen LogP contribution < -0.4 is 4.90 Å². The van der Waals surface area contributed by atoms with Gasteiger partial charge in [0.15, 0.2) is 11.5 Å². The molecule has 2 fully saturated rings. The SMILES string of the molecule is Cc1c(-c2ccccc2)c(N2CCCC2N(C)C)n2nc(C3CC3)nc2c1C#N. The van der Waals surface area contributed by atoms with E-state index in [1.165, 1.54) is 0 Å². The van der Waals surface area contributed by atoms with Crippen LogP contribution in [0.25, 0.3) is 16.8 Å². The first-order valence-corrected chi connectivity index (χ1v) is 10.4. The van der Waals surface area contributed by atoms with E-state index in [0.29, 0.717) is 23.3 Å². The Balaban J connectivity index is 1.86. The number of anilines is 1. The van der Waals surface area contributed by atoms with Crippen LogP contribution in [0.15, 0.2) is 30.3 Å². The van der Waals surface area contributed by atoms with Crippen LogP contribution in [0.2, 0.25) is 0 Å². The highest BCUT2D eigenvalue weighted by Crippen LogP contribution is 2.42. The van der Waals surface area contributed by atoms with Crippen molar-refractivity contribution in [2.45, 2.75) is 44.7 Å². The molecule has 148 valence electrons. The van der Waals surface area contributed by atoms with Gasteiger partial charge in [-0.2, -0.15) is 9.78 Å². The molecule has 3 heterocycles. The molecule has 5 rings (SSSR count). The maximum Gasteiger partial charge on any atom is 0.176 e. The quantitative estimate of drug-likeness (QED) is 0.680. The Kier molecular flexibility index (Phi) is 4.29. The third-order valence-electron chi connectivity index (χ3n) is 6.23. The Hall–Kier alpha value is -2.91. The minimum atomic E-state index is 0.307. The van der Waals surface area contributed by atoms with Gasteiger partial charge in [0, 0.05) is 18.0 Å². The van der Waals surface area contributed by atoms with Crippen molar-refractivity contribution in [3.05, 3.63) is 47.3 Å². The Morgan fingerprint density at radius 2 is 1.90 bits per heavy atom. The van der Waals surface area contributed by atoms with Crippen molar-refractivity contribution in [2.75, 3.05) is 25.5 Å². The van der Waals surface area contributed by atoms with E-state index < -0.39 is 0 Å². The second-order valence-electron chi connectivity index (χ2n) is 8.44. The molecule has 6 nitrogen and oxygen atoms in total. The molecule has 3 aromatic rings. The van der Waals surface area contributed by atoms with Gasteiger partial charge in [-0.05, 0) is 57.8 Å². The summed E-state index contributed by atoms with van der Waals surface area (Å²) in [6, 6.07) is 12.8. The molecular formula is C23H26N6. The first-order chi connectivity index (χ1) is 14.1. The van der Waals surface area contributed by atoms with Crippen LogP contribution in [-0.4, -0.2) is 46.3 Å². The summed E-state index contributed by atoms with van der Waals surface area (Å²) in [4.78, 5) is 9.56. The molecule has 0 amide bonds. The van der Waals surface area contributed by atoms with Gasteiger partial charge >= 0.3 is 0 Å². The summed E-state index contributed by atoms with van der Waals surface area (Å²) < 4.78 is 1.96. The van der Waals surface area contributed by atoms with Gasteiger partial charge in [0.1, 0.15) is 17.5 Å². The molecule has 0 spiro atoms. The van der Waals surface area contributed by atoms with Crippen LogP contribution in [0.1, 0.15) is 48.6 Å². The fourth-order valence-electron chi connectivity index (χ4n) is 4.60. The summed E-state index contributed by atoms with van der Waals surface area (Å²) in [7, 11) is 4.27. The number of rotatable bonds is 4. The molecule has 0 radical (unpaired) electrons. The van der Waals surface area contributed by atoms with E-state index in [1.54, 1.807) is 0 Å². The summed E-state index contributed by atoms with van der Waals surface area (Å²) in [6.07, 6.45) is 4.85. The number of hydrogen-bond acceptors (Lipinski definition) is 5. The molecule has 1 saturated heterocycles. The van der Waals surface area contributed by atoms with Crippen LogP contribution in [0.4, 0.5) is 5.82 Å². The standard InChI is InChI=1S/C23H26N6/c1-15-18(14-24)22-25-21(17-11-12-17)26-29(22)23(20(15)16-8-5-4-6-9-16)28-13-7-10-19(28)27(2)3/h4-6,8-9,17,19H,7,10-13H2,1-3H3. The second-order valence-corrected chi connectivity index (χ2v) is 8.44. The minimum Gasteiger partial charge on any atom is -0.340 e. The van der Waals surface area contributed by atoms with E-state index in [-0.39, 0.29) is 0 Å². The van der Waals surface area contributed by atoms with E-state index in [2.05, 4.69) is 61.2 Å². The smallest absolute Gasteiger partial charge is 0.176 e. The molecule has 2 aromatic heterocycles. The highest BCUT2D eigenvalue weighted by atomic mass is 15.4. The maximum absolute atomic E-state index is 9.99. The number of fused-ring (bicyclic) bond motifs is 1. The lowest BCUT2D eigenvalue weighted by atomic mass is 9.97. The average Bonchev–Trinajstić information content (AvgIpc) is 3.29. The first kappa shape index (κ1) is 18.1. The van der Waals surface area contributed by atoms with Gasteiger partial charge in [0.25, 0.3) is 0 Å². The highest BCUT2D eigenvalue weighted by Gasteiger charge is 2.35. The van der Waals surface area contributed by atoms with Gasteiger partial charge in [-0.1, -0.05) is 30.3 Å². The zero-order valence-electron chi connectivity index (χ0n) is 17.3. The Morgan fingerprint density at radius 1 is 1.14 bits per heavy atom. The van der Waals surface area contributed by atoms with E-state index in [9.17, 15) is 5.26 Å². The topological polar surface area (TPSA) is 60.5 Å². The van der Waals surface area contributed by atoms with Crippen molar-refractivity contribution >= 4 is 11.5 Å². The van der Waals surface area contributed by atoms with Crippen molar-refractivity contribution in [3.8, 4) is 17.2 Å². The molecule has 1 atom stereocenters. The van der Waals surface area contributed by atoms with E-state index in [1.807, 2.05) is 10.6 Å². The molecule has 2 aliphatic rings. The Labute approximate surface area is 171 Å². The number of hydrogen-bond donors (Lipinski definition) is 0. The summed E-state index contributed by atoms with van der Waals surface area (Å²) >= 11 is 0. The van der Waals surface area contributed by atoms with Gasteiger partial charge < -0.3 is 4.90 Å². The summed E-state index contributed by atoms with van der Waals surface area (Å²) in [6.45, 7) is 3.03. The van der Waals surface area contributed by atoms with Crippen molar-refractivity contribution in [2.24, 2.45) is 0 Å². The highest BCUT2D eigenvalue weighted by molar-refractivity contribution is 5.85. The fraction of sp³-hybridized carbons (Fsp3) is 0.435. The summed E-state index contributed by atoms with van der Waals surface area (Å²) in [5.41, 5.74) is 4.53. The number of nitrogens with zero attached hydrogens (tertiary/aromatic N) is 6. The Bertz CT molecular complexity index is 1100. The monoisotopic (exact) mass is 386 g/mol. The lowest BCUT2D eigenvalue weighted by Gasteiger charge is -2.33. The number of aromatic nitrogens is 3. The summed E-state index contributed by atoms with van der Waals surface area (Å²) in [5.74, 6) is 2.39. The minimum absolute atomic E-state index is 0.307. The average molecular weight is 387 g/mol. The van der Waals surface area contributed by atoms with Crippen molar-refractivity contribution < 1.29 is 0 Å². The molecule has 1 unspecified atom stereocenters. The molecular weight excluding hydrogens is 360 g/mol. The largest absolute Gasteiger partial charge is 0.340 e. The van der Waals surface area contributed by atoms with Crippen molar-refractivity contribution in [3.63, 3.8) is 0 Å². The zero-order valence-corrected chi connectivity index (χ0v) is 17.3. The van der Waals surface area contributed by atoms with Crippen molar-refractivity contribution in [1.82, 2.24) is 19.5 Å². The molecule has 1 aliphatic carbocycles. The second kappa shape index (κ2) is 6.85. The molecule has 1 aromatic carbocycles. The molecule has 6 heteroatoms. The molecule has 1 aliphatic heterocycles. The van der Waals surface area contributed by atoms with Gasteiger partial charge in [-0.3, -0.25) is 4.90 Å². The first-order valence-electron chi connectivity index (χ1n) is 10.4. The maximum atomic E-state index is 9.99. The number of nitriles is 1. The molecule has 0 N–H and O–H groups in total. The van der Waals surface area contributed by atoms with Crippen LogP contribution in [0.5, 0.6) is 0 Å². The van der Waals surface area contributed by atoms with Gasteiger partial charge in [-0.15, -0.1) is 5.10 Å². The van der Waals surface area contributed by atoms with Crippen LogP contribution in [0.3, 0.4) is 0 Å². The van der Waals surface area contributed by atoms with E-state index in [4.69, 9.17) is 10.1 Å². The number of benzene rings is 1. The van der Waals surface area contributed by atoms with Gasteiger partial charge in [-0.25, -0.2) is 4.98 Å². The third kappa shape index (κ3) is 2.89. The molecule has 1 saturated carbocycles.